The Kier molecular flexibility index (Phi) is 6.72. The van der Waals surface area contributed by atoms with Gasteiger partial charge < -0.3 is 20.9 Å². The first kappa shape index (κ1) is 26.2. The molecule has 4 aromatic rings. The molecule has 2 amide bonds. The molecule has 4 heterocycles. The highest BCUT2D eigenvalue weighted by atomic mass is 19.4. The van der Waals surface area contributed by atoms with Gasteiger partial charge >= 0.3 is 6.18 Å². The topological polar surface area (TPSA) is 138 Å². The highest BCUT2D eigenvalue weighted by Crippen LogP contribution is 2.36. The SMILES string of the molecule is Cc1cc(Nc2nccn3c(-c4cn[nH]c4C(F)(F)F)cnc23)ccc1C(=O)N1CCN(C(=O)[C@H](C)N)CC1. The fraction of sp³-hybridized carbons (Fsp3) is 0.320. The number of hydrogen-bond acceptors (Lipinski definition) is 7. The zero-order valence-corrected chi connectivity index (χ0v) is 21.2. The van der Waals surface area contributed by atoms with E-state index in [4.69, 9.17) is 5.73 Å². The summed E-state index contributed by atoms with van der Waals surface area (Å²) in [6.45, 7) is 5.14. The van der Waals surface area contributed by atoms with E-state index in [0.717, 1.165) is 11.8 Å². The summed E-state index contributed by atoms with van der Waals surface area (Å²) >= 11 is 0. The van der Waals surface area contributed by atoms with E-state index in [1.807, 2.05) is 12.0 Å². The maximum Gasteiger partial charge on any atom is 0.433 e. The number of carbonyl (C=O) groups is 2. The van der Waals surface area contributed by atoms with E-state index in [9.17, 15) is 22.8 Å². The number of carbonyl (C=O) groups excluding carboxylic acids is 2. The number of rotatable bonds is 5. The molecule has 204 valence electrons. The second kappa shape index (κ2) is 10.0. The number of fused-ring (bicyclic) bond motifs is 1. The van der Waals surface area contributed by atoms with Crippen LogP contribution in [0.4, 0.5) is 24.7 Å². The molecule has 1 saturated heterocycles. The lowest BCUT2D eigenvalue weighted by molar-refractivity contribution is -0.140. The van der Waals surface area contributed by atoms with Crippen LogP contribution >= 0.6 is 0 Å². The molecule has 5 rings (SSSR count). The number of aromatic amines is 1. The Hall–Kier alpha value is -4.46. The number of H-pyrrole nitrogens is 1. The summed E-state index contributed by atoms with van der Waals surface area (Å²) < 4.78 is 41.7. The van der Waals surface area contributed by atoms with E-state index in [1.165, 1.54) is 23.0 Å². The van der Waals surface area contributed by atoms with Crippen LogP contribution in [-0.4, -0.2) is 78.4 Å². The molecule has 1 fully saturated rings. The second-order valence-electron chi connectivity index (χ2n) is 9.33. The van der Waals surface area contributed by atoms with Gasteiger partial charge in [-0.25, -0.2) is 9.97 Å². The molecule has 0 aliphatic carbocycles. The number of hydrogen-bond donors (Lipinski definition) is 3. The molecule has 4 N–H and O–H groups in total. The van der Waals surface area contributed by atoms with E-state index in [2.05, 4.69) is 20.4 Å². The van der Waals surface area contributed by atoms with Gasteiger partial charge in [0.15, 0.2) is 11.5 Å². The average Bonchev–Trinajstić information content (AvgIpc) is 3.56. The largest absolute Gasteiger partial charge is 0.433 e. The van der Waals surface area contributed by atoms with Crippen molar-refractivity contribution >= 4 is 29.0 Å². The summed E-state index contributed by atoms with van der Waals surface area (Å²) in [6.07, 6.45) is 0.806. The van der Waals surface area contributed by atoms with Gasteiger partial charge in [0.05, 0.1) is 29.7 Å². The van der Waals surface area contributed by atoms with Gasteiger partial charge in [-0.05, 0) is 37.6 Å². The maximum atomic E-state index is 13.4. The minimum atomic E-state index is -4.60. The number of imidazole rings is 1. The molecule has 3 aromatic heterocycles. The Morgan fingerprint density at radius 3 is 2.49 bits per heavy atom. The monoisotopic (exact) mass is 541 g/mol. The van der Waals surface area contributed by atoms with Crippen LogP contribution in [0.15, 0.2) is 43.0 Å². The summed E-state index contributed by atoms with van der Waals surface area (Å²) in [4.78, 5) is 37.2. The van der Waals surface area contributed by atoms with Crippen LogP contribution in [0.1, 0.15) is 28.5 Å². The molecule has 0 unspecified atom stereocenters. The molecular weight excluding hydrogens is 515 g/mol. The number of nitrogens with zero attached hydrogens (tertiary/aromatic N) is 6. The van der Waals surface area contributed by atoms with Gasteiger partial charge in [0, 0.05) is 49.8 Å². The first-order valence-corrected chi connectivity index (χ1v) is 12.2. The quantitative estimate of drug-likeness (QED) is 0.353. The van der Waals surface area contributed by atoms with Crippen molar-refractivity contribution in [2.45, 2.75) is 26.1 Å². The Bertz CT molecular complexity index is 1540. The first-order chi connectivity index (χ1) is 18.5. The Balaban J connectivity index is 1.34. The van der Waals surface area contributed by atoms with E-state index < -0.39 is 17.9 Å². The highest BCUT2D eigenvalue weighted by molar-refractivity contribution is 5.96. The van der Waals surface area contributed by atoms with Crippen molar-refractivity contribution in [3.05, 3.63) is 59.8 Å². The molecule has 0 spiro atoms. The van der Waals surface area contributed by atoms with Gasteiger partial charge in [0.1, 0.15) is 5.69 Å². The Labute approximate surface area is 220 Å². The fourth-order valence-electron chi connectivity index (χ4n) is 4.61. The zero-order valence-electron chi connectivity index (χ0n) is 21.2. The van der Waals surface area contributed by atoms with Crippen LogP contribution in [0, 0.1) is 6.92 Å². The smallest absolute Gasteiger partial charge is 0.338 e. The lowest BCUT2D eigenvalue weighted by Gasteiger charge is -2.35. The minimum Gasteiger partial charge on any atom is -0.338 e. The number of aromatic nitrogens is 5. The Morgan fingerprint density at radius 2 is 1.82 bits per heavy atom. The minimum absolute atomic E-state index is 0.131. The summed E-state index contributed by atoms with van der Waals surface area (Å²) in [6, 6.07) is 4.64. The highest BCUT2D eigenvalue weighted by Gasteiger charge is 2.36. The molecule has 1 aliphatic heterocycles. The van der Waals surface area contributed by atoms with Crippen molar-refractivity contribution in [1.29, 1.82) is 0 Å². The van der Waals surface area contributed by atoms with Crippen LogP contribution in [0.3, 0.4) is 0 Å². The number of anilines is 2. The van der Waals surface area contributed by atoms with Crippen molar-refractivity contribution in [2.24, 2.45) is 5.73 Å². The van der Waals surface area contributed by atoms with Crippen molar-refractivity contribution in [2.75, 3.05) is 31.5 Å². The molecule has 0 bridgehead atoms. The van der Waals surface area contributed by atoms with Gasteiger partial charge in [0.2, 0.25) is 5.91 Å². The molecule has 1 atom stereocenters. The summed E-state index contributed by atoms with van der Waals surface area (Å²) in [5.74, 6) is 0.0624. The number of piperazine rings is 1. The normalized spacial score (nSPS) is 15.0. The van der Waals surface area contributed by atoms with E-state index in [0.29, 0.717) is 48.9 Å². The lowest BCUT2D eigenvalue weighted by atomic mass is 10.1. The van der Waals surface area contributed by atoms with Crippen LogP contribution in [0.5, 0.6) is 0 Å². The third-order valence-corrected chi connectivity index (χ3v) is 6.61. The Morgan fingerprint density at radius 1 is 1.10 bits per heavy atom. The predicted molar refractivity (Wildman–Crippen MR) is 136 cm³/mol. The molecule has 14 heteroatoms. The number of halogens is 3. The van der Waals surface area contributed by atoms with Gasteiger partial charge in [-0.3, -0.25) is 19.1 Å². The van der Waals surface area contributed by atoms with Crippen LogP contribution in [0.25, 0.3) is 16.9 Å². The zero-order chi connectivity index (χ0) is 27.9. The van der Waals surface area contributed by atoms with Gasteiger partial charge in [-0.2, -0.15) is 18.3 Å². The van der Waals surface area contributed by atoms with Crippen molar-refractivity contribution in [3.8, 4) is 11.3 Å². The van der Waals surface area contributed by atoms with Crippen molar-refractivity contribution < 1.29 is 22.8 Å². The number of nitrogens with one attached hydrogen (secondary N) is 2. The standard InChI is InChI=1S/C25H26F3N9O2/c1-14-11-16(3-4-17(14)24(39)36-9-7-35(8-10-36)23(38)15(2)29)33-21-22-31-13-19(37(22)6-5-30-21)18-12-32-34-20(18)25(26,27)28/h3-6,11-13,15H,7-10,29H2,1-2H3,(H,30,33)(H,32,34)/t15-/m0/s1. The molecular formula is C25H26F3N9O2. The number of alkyl halides is 3. The molecule has 0 saturated carbocycles. The third-order valence-electron chi connectivity index (χ3n) is 6.61. The van der Waals surface area contributed by atoms with E-state index >= 15 is 0 Å². The van der Waals surface area contributed by atoms with Gasteiger partial charge in [0.25, 0.3) is 5.91 Å². The fourth-order valence-corrected chi connectivity index (χ4v) is 4.61. The second-order valence-corrected chi connectivity index (χ2v) is 9.33. The summed E-state index contributed by atoms with van der Waals surface area (Å²) in [5.41, 5.74) is 6.99. The molecule has 0 radical (unpaired) electrons. The molecule has 1 aromatic carbocycles. The number of amides is 2. The molecule has 11 nitrogen and oxygen atoms in total. The van der Waals surface area contributed by atoms with Crippen LogP contribution in [-0.2, 0) is 11.0 Å². The summed E-state index contributed by atoms with van der Waals surface area (Å²) in [7, 11) is 0. The van der Waals surface area contributed by atoms with Crippen molar-refractivity contribution in [1.82, 2.24) is 34.4 Å². The lowest BCUT2D eigenvalue weighted by Crippen LogP contribution is -2.53. The maximum absolute atomic E-state index is 13.4. The van der Waals surface area contributed by atoms with E-state index in [-0.39, 0.29) is 23.1 Å². The summed E-state index contributed by atoms with van der Waals surface area (Å²) in [5, 5.41) is 8.71. The van der Waals surface area contributed by atoms with Gasteiger partial charge in [-0.15, -0.1) is 0 Å². The van der Waals surface area contributed by atoms with E-state index in [1.54, 1.807) is 34.9 Å². The number of nitrogens with two attached hydrogens (primary N) is 1. The molecule has 1 aliphatic rings. The third kappa shape index (κ3) is 5.02. The number of benzene rings is 1. The number of aryl methyl sites for hydroxylation is 1. The first-order valence-electron chi connectivity index (χ1n) is 12.2. The van der Waals surface area contributed by atoms with Crippen molar-refractivity contribution in [3.63, 3.8) is 0 Å². The van der Waals surface area contributed by atoms with Gasteiger partial charge in [-0.1, -0.05) is 0 Å². The van der Waals surface area contributed by atoms with Crippen LogP contribution < -0.4 is 11.1 Å². The average molecular weight is 542 g/mol. The predicted octanol–water partition coefficient (Wildman–Crippen LogP) is 2.82. The van der Waals surface area contributed by atoms with Crippen LogP contribution in [0.2, 0.25) is 0 Å². The molecule has 39 heavy (non-hydrogen) atoms.